The zero-order valence-corrected chi connectivity index (χ0v) is 21.8. The highest BCUT2D eigenvalue weighted by atomic mass is 127. The molecule has 0 amide bonds. The molecule has 2 rings (SSSR count). The Morgan fingerprint density at radius 2 is 1.90 bits per heavy atom. The van der Waals surface area contributed by atoms with Gasteiger partial charge in [-0.1, -0.05) is 18.6 Å². The number of guanidine groups is 1. The smallest absolute Gasteiger partial charge is 0.243 e. The molecule has 2 N–H and O–H groups in total. The SMILES string of the molecule is CCNC(=NCc1cccc(S(=O)(=O)N2CCCCC2)c1)NCCCOCCOC.I. The minimum Gasteiger partial charge on any atom is -0.382 e. The van der Waals surface area contributed by atoms with Crippen LogP contribution in [0.2, 0.25) is 0 Å². The summed E-state index contributed by atoms with van der Waals surface area (Å²) in [5.74, 6) is 0.707. The van der Waals surface area contributed by atoms with Gasteiger partial charge in [0.2, 0.25) is 10.0 Å². The monoisotopic (exact) mass is 568 g/mol. The molecule has 0 saturated carbocycles. The molecule has 0 aliphatic carbocycles. The third-order valence-electron chi connectivity index (χ3n) is 4.80. The molecule has 1 saturated heterocycles. The van der Waals surface area contributed by atoms with Crippen LogP contribution in [-0.2, 0) is 26.0 Å². The molecule has 1 aliphatic heterocycles. The van der Waals surface area contributed by atoms with Gasteiger partial charge in [0, 0.05) is 39.9 Å². The Morgan fingerprint density at radius 3 is 2.61 bits per heavy atom. The molecule has 0 atom stereocenters. The first-order valence-electron chi connectivity index (χ1n) is 10.8. The van der Waals surface area contributed by atoms with Crippen molar-refractivity contribution in [1.29, 1.82) is 0 Å². The number of sulfonamides is 1. The number of hydrogen-bond acceptors (Lipinski definition) is 5. The number of hydrogen-bond donors (Lipinski definition) is 2. The van der Waals surface area contributed by atoms with Crippen molar-refractivity contribution in [2.75, 3.05) is 53.1 Å². The van der Waals surface area contributed by atoms with E-state index < -0.39 is 10.0 Å². The van der Waals surface area contributed by atoms with E-state index in [4.69, 9.17) is 9.47 Å². The van der Waals surface area contributed by atoms with Crippen molar-refractivity contribution in [3.63, 3.8) is 0 Å². The fraction of sp³-hybridized carbons (Fsp3) is 0.667. The average Bonchev–Trinajstić information content (AvgIpc) is 2.77. The molecular formula is C21H37IN4O4S. The number of rotatable bonds is 12. The Bertz CT molecular complexity index is 756. The maximum absolute atomic E-state index is 12.9. The first-order chi connectivity index (χ1) is 14.6. The Morgan fingerprint density at radius 1 is 1.13 bits per heavy atom. The van der Waals surface area contributed by atoms with Gasteiger partial charge in [0.25, 0.3) is 0 Å². The summed E-state index contributed by atoms with van der Waals surface area (Å²) >= 11 is 0. The number of nitrogens with zero attached hydrogens (tertiary/aromatic N) is 2. The van der Waals surface area contributed by atoms with E-state index in [2.05, 4.69) is 15.6 Å². The number of aliphatic imine (C=N–C) groups is 1. The van der Waals surface area contributed by atoms with Crippen LogP contribution in [0.5, 0.6) is 0 Å². The molecule has 0 unspecified atom stereocenters. The summed E-state index contributed by atoms with van der Waals surface area (Å²) in [6, 6.07) is 7.11. The minimum absolute atomic E-state index is 0. The molecule has 31 heavy (non-hydrogen) atoms. The van der Waals surface area contributed by atoms with E-state index >= 15 is 0 Å². The molecule has 8 nitrogen and oxygen atoms in total. The zero-order chi connectivity index (χ0) is 21.7. The average molecular weight is 569 g/mol. The lowest BCUT2D eigenvalue weighted by molar-refractivity contribution is 0.0698. The second-order valence-corrected chi connectivity index (χ2v) is 9.13. The predicted octanol–water partition coefficient (Wildman–Crippen LogP) is 2.59. The Balaban J connectivity index is 0.00000480. The Hall–Kier alpha value is -0.950. The Kier molecular flexibility index (Phi) is 14.3. The van der Waals surface area contributed by atoms with Crippen molar-refractivity contribution < 1.29 is 17.9 Å². The van der Waals surface area contributed by atoms with Crippen LogP contribution >= 0.6 is 24.0 Å². The first kappa shape index (κ1) is 28.1. The highest BCUT2D eigenvalue weighted by molar-refractivity contribution is 14.0. The number of ether oxygens (including phenoxy) is 2. The van der Waals surface area contributed by atoms with Gasteiger partial charge in [-0.3, -0.25) is 0 Å². The third kappa shape index (κ3) is 10.0. The van der Waals surface area contributed by atoms with Gasteiger partial charge in [-0.25, -0.2) is 13.4 Å². The standard InChI is InChI=1S/C21H36N4O4S.HI/c1-3-22-21(23-11-8-14-29-16-15-28-2)24-18-19-9-7-10-20(17-19)30(26,27)25-12-5-4-6-13-25;/h7,9-10,17H,3-6,8,11-16,18H2,1-2H3,(H2,22,23,24);1H. The second-order valence-electron chi connectivity index (χ2n) is 7.19. The van der Waals surface area contributed by atoms with E-state index in [1.807, 2.05) is 13.0 Å². The molecule has 10 heteroatoms. The number of piperidine rings is 1. The van der Waals surface area contributed by atoms with Gasteiger partial charge in [0.1, 0.15) is 0 Å². The molecule has 0 bridgehead atoms. The molecule has 0 spiro atoms. The normalized spacial score (nSPS) is 15.4. The van der Waals surface area contributed by atoms with Crippen LogP contribution in [0.25, 0.3) is 0 Å². The largest absolute Gasteiger partial charge is 0.382 e. The summed E-state index contributed by atoms with van der Waals surface area (Å²) in [6.07, 6.45) is 3.81. The lowest BCUT2D eigenvalue weighted by atomic mass is 10.2. The Labute approximate surface area is 204 Å². The summed E-state index contributed by atoms with van der Waals surface area (Å²) in [7, 11) is -1.77. The van der Waals surface area contributed by atoms with Crippen molar-refractivity contribution in [3.05, 3.63) is 29.8 Å². The van der Waals surface area contributed by atoms with Gasteiger partial charge in [-0.05, 0) is 43.9 Å². The van der Waals surface area contributed by atoms with Crippen LogP contribution in [0, 0.1) is 0 Å². The number of methoxy groups -OCH3 is 1. The van der Waals surface area contributed by atoms with Crippen molar-refractivity contribution >= 4 is 40.0 Å². The zero-order valence-electron chi connectivity index (χ0n) is 18.6. The van der Waals surface area contributed by atoms with Crippen molar-refractivity contribution in [3.8, 4) is 0 Å². The fourth-order valence-corrected chi connectivity index (χ4v) is 4.78. The van der Waals surface area contributed by atoms with Crippen molar-refractivity contribution in [2.24, 2.45) is 4.99 Å². The van der Waals surface area contributed by atoms with Crippen LogP contribution < -0.4 is 10.6 Å². The third-order valence-corrected chi connectivity index (χ3v) is 6.70. The van der Waals surface area contributed by atoms with E-state index in [0.717, 1.165) is 44.3 Å². The van der Waals surface area contributed by atoms with Gasteiger partial charge < -0.3 is 20.1 Å². The van der Waals surface area contributed by atoms with E-state index in [1.54, 1.807) is 29.6 Å². The van der Waals surface area contributed by atoms with Crippen molar-refractivity contribution in [1.82, 2.24) is 14.9 Å². The quantitative estimate of drug-likeness (QED) is 0.174. The molecule has 1 aromatic rings. The summed E-state index contributed by atoms with van der Waals surface area (Å²) in [5.41, 5.74) is 0.869. The van der Waals surface area contributed by atoms with Crippen molar-refractivity contribution in [2.45, 2.75) is 44.0 Å². The summed E-state index contributed by atoms with van der Waals surface area (Å²) < 4.78 is 37.8. The topological polar surface area (TPSA) is 92.3 Å². The lowest BCUT2D eigenvalue weighted by Crippen LogP contribution is -2.38. The highest BCUT2D eigenvalue weighted by Crippen LogP contribution is 2.21. The van der Waals surface area contributed by atoms with Crippen LogP contribution in [0.4, 0.5) is 0 Å². The van der Waals surface area contributed by atoms with Crippen LogP contribution in [0.15, 0.2) is 34.2 Å². The maximum Gasteiger partial charge on any atom is 0.243 e. The van der Waals surface area contributed by atoms with E-state index in [1.165, 1.54) is 0 Å². The summed E-state index contributed by atoms with van der Waals surface area (Å²) in [5, 5.41) is 6.49. The molecule has 1 heterocycles. The molecular weight excluding hydrogens is 531 g/mol. The van der Waals surface area contributed by atoms with E-state index in [-0.39, 0.29) is 24.0 Å². The van der Waals surface area contributed by atoms with Crippen LogP contribution in [0.3, 0.4) is 0 Å². The fourth-order valence-electron chi connectivity index (χ4n) is 3.20. The number of nitrogens with one attached hydrogen (secondary N) is 2. The van der Waals surface area contributed by atoms with Crippen LogP contribution in [0.1, 0.15) is 38.2 Å². The molecule has 178 valence electrons. The van der Waals surface area contributed by atoms with Gasteiger partial charge in [-0.2, -0.15) is 4.31 Å². The molecule has 1 fully saturated rings. The first-order valence-corrected chi connectivity index (χ1v) is 12.2. The maximum atomic E-state index is 12.9. The van der Waals surface area contributed by atoms with Gasteiger partial charge in [0.15, 0.2) is 5.96 Å². The lowest BCUT2D eigenvalue weighted by Gasteiger charge is -2.26. The highest BCUT2D eigenvalue weighted by Gasteiger charge is 2.25. The summed E-state index contributed by atoms with van der Waals surface area (Å²) in [4.78, 5) is 4.94. The van der Waals surface area contributed by atoms with Gasteiger partial charge in [0.05, 0.1) is 24.7 Å². The van der Waals surface area contributed by atoms with E-state index in [0.29, 0.717) is 50.3 Å². The summed E-state index contributed by atoms with van der Waals surface area (Å²) in [6.45, 7) is 6.97. The van der Waals surface area contributed by atoms with E-state index in [9.17, 15) is 8.42 Å². The van der Waals surface area contributed by atoms with Crippen LogP contribution in [-0.4, -0.2) is 71.8 Å². The second kappa shape index (κ2) is 15.8. The molecule has 0 radical (unpaired) electrons. The van der Waals surface area contributed by atoms with Gasteiger partial charge >= 0.3 is 0 Å². The van der Waals surface area contributed by atoms with Gasteiger partial charge in [-0.15, -0.1) is 24.0 Å². The molecule has 1 aromatic carbocycles. The number of halogens is 1. The number of benzene rings is 1. The molecule has 1 aliphatic rings. The molecule has 0 aromatic heterocycles. The predicted molar refractivity (Wildman–Crippen MR) is 135 cm³/mol. The minimum atomic E-state index is -3.43.